The molecule has 0 saturated heterocycles. The highest BCUT2D eigenvalue weighted by Gasteiger charge is 2.25. The van der Waals surface area contributed by atoms with Gasteiger partial charge in [-0.05, 0) is 44.1 Å². The van der Waals surface area contributed by atoms with E-state index in [1.54, 1.807) is 22.0 Å². The second kappa shape index (κ2) is 8.61. The number of hydrogen-bond acceptors (Lipinski definition) is 5. The van der Waals surface area contributed by atoms with Crippen molar-refractivity contribution in [1.82, 2.24) is 14.9 Å². The number of nitrogens with zero attached hydrogens (tertiary/aromatic N) is 2. The van der Waals surface area contributed by atoms with Crippen LogP contribution in [0.4, 0.5) is 0 Å². The SMILES string of the molecule is C=CCn1c(SC(C)C(=O)NCCC)nc2sc3c(c2c1=O)CCC(C)C3. The number of rotatable bonds is 7. The van der Waals surface area contributed by atoms with Gasteiger partial charge in [0.25, 0.3) is 5.56 Å². The Bertz CT molecular complexity index is 916. The second-order valence-corrected chi connectivity index (χ2v) is 9.57. The Hall–Kier alpha value is -1.60. The molecule has 1 N–H and O–H groups in total. The van der Waals surface area contributed by atoms with Crippen LogP contribution in [0.25, 0.3) is 10.2 Å². The Balaban J connectivity index is 2.02. The highest BCUT2D eigenvalue weighted by atomic mass is 32.2. The van der Waals surface area contributed by atoms with E-state index in [1.165, 1.54) is 22.2 Å². The summed E-state index contributed by atoms with van der Waals surface area (Å²) >= 11 is 2.99. The molecule has 0 aromatic carbocycles. The number of carbonyl (C=O) groups is 1. The molecule has 5 nitrogen and oxygen atoms in total. The maximum Gasteiger partial charge on any atom is 0.263 e. The van der Waals surface area contributed by atoms with Crippen molar-refractivity contribution >= 4 is 39.2 Å². The van der Waals surface area contributed by atoms with Crippen LogP contribution in [0.1, 0.15) is 44.1 Å². The van der Waals surface area contributed by atoms with E-state index in [9.17, 15) is 9.59 Å². The molecule has 2 aromatic heterocycles. The summed E-state index contributed by atoms with van der Waals surface area (Å²) in [6, 6.07) is 0. The van der Waals surface area contributed by atoms with Crippen LogP contribution in [0.3, 0.4) is 0 Å². The van der Waals surface area contributed by atoms with E-state index in [4.69, 9.17) is 4.98 Å². The Morgan fingerprint density at radius 1 is 1.56 bits per heavy atom. The van der Waals surface area contributed by atoms with Gasteiger partial charge in [-0.1, -0.05) is 31.7 Å². The van der Waals surface area contributed by atoms with E-state index in [1.807, 2.05) is 13.8 Å². The van der Waals surface area contributed by atoms with E-state index < -0.39 is 0 Å². The van der Waals surface area contributed by atoms with Crippen molar-refractivity contribution in [2.75, 3.05) is 6.54 Å². The van der Waals surface area contributed by atoms with E-state index >= 15 is 0 Å². The number of amides is 1. The Kier molecular flexibility index (Phi) is 6.42. The molecule has 1 aliphatic rings. The standard InChI is InChI=1S/C20H27N3O2S2/c1-5-9-21-17(24)13(4)26-20-22-18-16(19(25)23(20)10-6-2)14-8-7-12(3)11-15(14)27-18/h6,12-13H,2,5,7-11H2,1,3-4H3,(H,21,24). The summed E-state index contributed by atoms with van der Waals surface area (Å²) in [4.78, 5) is 32.4. The van der Waals surface area contributed by atoms with Crippen LogP contribution in [0.15, 0.2) is 22.6 Å². The number of allylic oxidation sites excluding steroid dienone is 1. The summed E-state index contributed by atoms with van der Waals surface area (Å²) in [5.74, 6) is 0.623. The topological polar surface area (TPSA) is 64.0 Å². The van der Waals surface area contributed by atoms with Crippen molar-refractivity contribution in [1.29, 1.82) is 0 Å². The molecule has 0 fully saturated rings. The highest BCUT2D eigenvalue weighted by Crippen LogP contribution is 2.36. The number of aryl methyl sites for hydroxylation is 1. The van der Waals surface area contributed by atoms with Gasteiger partial charge in [0.05, 0.1) is 10.6 Å². The van der Waals surface area contributed by atoms with Crippen LogP contribution in [0.2, 0.25) is 0 Å². The molecule has 1 aliphatic carbocycles. The first-order valence-corrected chi connectivity index (χ1v) is 11.3. The Morgan fingerprint density at radius 3 is 3.04 bits per heavy atom. The van der Waals surface area contributed by atoms with Gasteiger partial charge in [-0.2, -0.15) is 0 Å². The first kappa shape index (κ1) is 20.1. The average Bonchev–Trinajstić information content (AvgIpc) is 2.99. The molecule has 0 radical (unpaired) electrons. The van der Waals surface area contributed by atoms with Crippen molar-refractivity contribution in [2.45, 2.75) is 63.4 Å². The third-order valence-electron chi connectivity index (χ3n) is 4.89. The zero-order valence-corrected chi connectivity index (χ0v) is 17.8. The molecule has 0 spiro atoms. The van der Waals surface area contributed by atoms with Crippen LogP contribution in [0.5, 0.6) is 0 Å². The molecular formula is C20H27N3O2S2. The number of fused-ring (bicyclic) bond motifs is 3. The molecule has 27 heavy (non-hydrogen) atoms. The lowest BCUT2D eigenvalue weighted by molar-refractivity contribution is -0.120. The zero-order valence-electron chi connectivity index (χ0n) is 16.2. The number of hydrogen-bond donors (Lipinski definition) is 1. The number of thioether (sulfide) groups is 1. The van der Waals surface area contributed by atoms with Crippen LogP contribution in [-0.2, 0) is 24.2 Å². The normalized spacial score (nSPS) is 17.5. The van der Waals surface area contributed by atoms with E-state index in [0.29, 0.717) is 24.2 Å². The fourth-order valence-corrected chi connectivity index (χ4v) is 5.75. The van der Waals surface area contributed by atoms with Crippen LogP contribution in [0, 0.1) is 5.92 Å². The predicted molar refractivity (Wildman–Crippen MR) is 114 cm³/mol. The first-order chi connectivity index (χ1) is 13.0. The predicted octanol–water partition coefficient (Wildman–Crippen LogP) is 3.78. The molecule has 2 atom stereocenters. The third-order valence-corrected chi connectivity index (χ3v) is 7.13. The van der Waals surface area contributed by atoms with Crippen LogP contribution >= 0.6 is 23.1 Å². The van der Waals surface area contributed by atoms with Gasteiger partial charge < -0.3 is 5.32 Å². The van der Waals surface area contributed by atoms with Crippen LogP contribution < -0.4 is 10.9 Å². The fraction of sp³-hybridized carbons (Fsp3) is 0.550. The van der Waals surface area contributed by atoms with Gasteiger partial charge in [-0.3, -0.25) is 14.2 Å². The smallest absolute Gasteiger partial charge is 0.263 e. The van der Waals surface area contributed by atoms with Crippen molar-refractivity contribution in [2.24, 2.45) is 5.92 Å². The van der Waals surface area contributed by atoms with Crippen molar-refractivity contribution in [3.63, 3.8) is 0 Å². The van der Waals surface area contributed by atoms with Gasteiger partial charge in [0.15, 0.2) is 5.16 Å². The maximum absolute atomic E-state index is 13.2. The molecule has 2 heterocycles. The summed E-state index contributed by atoms with van der Waals surface area (Å²) in [5.41, 5.74) is 1.18. The molecule has 2 aromatic rings. The highest BCUT2D eigenvalue weighted by molar-refractivity contribution is 8.00. The van der Waals surface area contributed by atoms with Gasteiger partial charge in [0.2, 0.25) is 5.91 Å². The molecule has 1 amide bonds. The largest absolute Gasteiger partial charge is 0.355 e. The molecule has 0 bridgehead atoms. The number of nitrogens with one attached hydrogen (secondary N) is 1. The van der Waals surface area contributed by atoms with Gasteiger partial charge >= 0.3 is 0 Å². The second-order valence-electron chi connectivity index (χ2n) is 7.18. The summed E-state index contributed by atoms with van der Waals surface area (Å²) in [6.45, 7) is 11.0. The van der Waals surface area contributed by atoms with E-state index in [-0.39, 0.29) is 16.7 Å². The van der Waals surface area contributed by atoms with Gasteiger partial charge in [-0.25, -0.2) is 4.98 Å². The number of thiophene rings is 1. The van der Waals surface area contributed by atoms with Crippen molar-refractivity contribution in [3.8, 4) is 0 Å². The summed E-state index contributed by atoms with van der Waals surface area (Å²) in [7, 11) is 0. The minimum absolute atomic E-state index is 0.00406. The van der Waals surface area contributed by atoms with Crippen molar-refractivity contribution in [3.05, 3.63) is 33.4 Å². The lowest BCUT2D eigenvalue weighted by atomic mass is 9.89. The molecule has 2 unspecified atom stereocenters. The number of aromatic nitrogens is 2. The molecular weight excluding hydrogens is 378 g/mol. The minimum atomic E-state index is -0.313. The fourth-order valence-electron chi connectivity index (χ4n) is 3.39. The molecule has 3 rings (SSSR count). The van der Waals surface area contributed by atoms with E-state index in [2.05, 4.69) is 18.8 Å². The van der Waals surface area contributed by atoms with E-state index in [0.717, 1.165) is 35.9 Å². The summed E-state index contributed by atoms with van der Waals surface area (Å²) in [5, 5.41) is 3.96. The zero-order chi connectivity index (χ0) is 19.6. The first-order valence-electron chi connectivity index (χ1n) is 9.56. The lowest BCUT2D eigenvalue weighted by Crippen LogP contribution is -2.32. The molecule has 146 valence electrons. The third kappa shape index (κ3) is 4.14. The number of carbonyl (C=O) groups excluding carboxylic acids is 1. The Morgan fingerprint density at radius 2 is 2.33 bits per heavy atom. The van der Waals surface area contributed by atoms with Crippen LogP contribution in [-0.4, -0.2) is 27.3 Å². The maximum atomic E-state index is 13.2. The minimum Gasteiger partial charge on any atom is -0.355 e. The molecule has 0 aliphatic heterocycles. The summed E-state index contributed by atoms with van der Waals surface area (Å²) in [6.07, 6.45) is 5.69. The average molecular weight is 406 g/mol. The molecule has 0 saturated carbocycles. The molecule has 7 heteroatoms. The monoisotopic (exact) mass is 405 g/mol. The Labute approximate surface area is 168 Å². The van der Waals surface area contributed by atoms with Crippen molar-refractivity contribution < 1.29 is 4.79 Å². The van der Waals surface area contributed by atoms with Gasteiger partial charge in [0.1, 0.15) is 4.83 Å². The summed E-state index contributed by atoms with van der Waals surface area (Å²) < 4.78 is 1.66. The van der Waals surface area contributed by atoms with Gasteiger partial charge in [-0.15, -0.1) is 17.9 Å². The lowest BCUT2D eigenvalue weighted by Gasteiger charge is -2.18. The van der Waals surface area contributed by atoms with Gasteiger partial charge in [0, 0.05) is 18.0 Å². The quantitative estimate of drug-likeness (QED) is 0.433.